The van der Waals surface area contributed by atoms with Crippen LogP contribution in [0.2, 0.25) is 0 Å². The molecule has 0 bridgehead atoms. The minimum atomic E-state index is -0.901. The van der Waals surface area contributed by atoms with Crippen molar-refractivity contribution in [2.75, 3.05) is 0 Å². The highest BCUT2D eigenvalue weighted by Gasteiger charge is 2.19. The lowest BCUT2D eigenvalue weighted by atomic mass is 10.2. The van der Waals surface area contributed by atoms with Crippen LogP contribution in [0.1, 0.15) is 10.5 Å². The molecule has 0 saturated carbocycles. The largest absolute Gasteiger partial charge is 0.477 e. The van der Waals surface area contributed by atoms with Gasteiger partial charge in [0.15, 0.2) is 0 Å². The number of carbonyl (C=O) groups is 1. The Morgan fingerprint density at radius 3 is 2.81 bits per heavy atom. The predicted molar refractivity (Wildman–Crippen MR) is 71.8 cm³/mol. The number of para-hydroxylation sites is 1. The number of allylic oxidation sites excluding steroid dienone is 1. The molecule has 0 unspecified atom stereocenters. The molecule has 0 saturated heterocycles. The summed E-state index contributed by atoms with van der Waals surface area (Å²) in [4.78, 5) is 11.2. The minimum absolute atomic E-state index is 0.335. The van der Waals surface area contributed by atoms with Gasteiger partial charge in [-0.15, -0.1) is 6.58 Å². The Kier molecular flexibility index (Phi) is 3.00. The molecule has 3 nitrogen and oxygen atoms in total. The molecule has 0 aliphatic carbocycles. The van der Waals surface area contributed by atoms with Gasteiger partial charge >= 0.3 is 5.97 Å². The summed E-state index contributed by atoms with van der Waals surface area (Å²) < 4.78 is 2.55. The van der Waals surface area contributed by atoms with Gasteiger partial charge in [-0.3, -0.25) is 0 Å². The first-order valence-electron chi connectivity index (χ1n) is 4.77. The first-order chi connectivity index (χ1) is 7.66. The monoisotopic (exact) mass is 327 g/mol. The fraction of sp³-hybridized carbons (Fsp3) is 0.0833. The summed E-state index contributed by atoms with van der Waals surface area (Å²) in [5.74, 6) is -0.901. The van der Waals surface area contributed by atoms with E-state index in [2.05, 4.69) is 29.2 Å². The molecule has 0 fully saturated rings. The lowest BCUT2D eigenvalue weighted by Crippen LogP contribution is -2.08. The standard InChI is InChI=1S/C12H10INO2/c1-2-7-14-9-6-4-3-5-8(9)10(13)11(14)12(15)16/h2-6H,1,7H2,(H,15,16). The first kappa shape index (κ1) is 11.2. The molecule has 0 aliphatic heterocycles. The number of halogens is 1. The number of fused-ring (bicyclic) bond motifs is 1. The zero-order valence-electron chi connectivity index (χ0n) is 8.48. The first-order valence-corrected chi connectivity index (χ1v) is 5.85. The van der Waals surface area contributed by atoms with Crippen molar-refractivity contribution in [2.24, 2.45) is 0 Å². The Balaban J connectivity index is 2.85. The molecule has 1 aromatic carbocycles. The van der Waals surface area contributed by atoms with E-state index in [1.165, 1.54) is 0 Å². The van der Waals surface area contributed by atoms with Crippen molar-refractivity contribution in [3.8, 4) is 0 Å². The van der Waals surface area contributed by atoms with E-state index in [1.807, 2.05) is 24.3 Å². The molecule has 0 spiro atoms. The number of carboxylic acids is 1. The highest BCUT2D eigenvalue weighted by Crippen LogP contribution is 2.27. The average molecular weight is 327 g/mol. The van der Waals surface area contributed by atoms with Gasteiger partial charge in [-0.05, 0) is 28.7 Å². The number of nitrogens with zero attached hydrogens (tertiary/aromatic N) is 1. The Hall–Kier alpha value is -1.30. The van der Waals surface area contributed by atoms with Crippen molar-refractivity contribution in [1.29, 1.82) is 0 Å². The van der Waals surface area contributed by atoms with Gasteiger partial charge in [0.1, 0.15) is 5.69 Å². The van der Waals surface area contributed by atoms with Crippen LogP contribution in [-0.4, -0.2) is 15.6 Å². The van der Waals surface area contributed by atoms with Crippen molar-refractivity contribution in [3.63, 3.8) is 0 Å². The maximum absolute atomic E-state index is 11.2. The van der Waals surface area contributed by atoms with E-state index >= 15 is 0 Å². The summed E-state index contributed by atoms with van der Waals surface area (Å²) in [6.45, 7) is 4.16. The van der Waals surface area contributed by atoms with Crippen LogP contribution in [0.3, 0.4) is 0 Å². The molecule has 0 amide bonds. The summed E-state index contributed by atoms with van der Waals surface area (Å²) in [6, 6.07) is 7.68. The van der Waals surface area contributed by atoms with Crippen LogP contribution in [0, 0.1) is 3.57 Å². The van der Waals surface area contributed by atoms with Crippen molar-refractivity contribution in [3.05, 3.63) is 46.2 Å². The summed E-state index contributed by atoms with van der Waals surface area (Å²) >= 11 is 2.08. The highest BCUT2D eigenvalue weighted by molar-refractivity contribution is 14.1. The zero-order valence-corrected chi connectivity index (χ0v) is 10.6. The molecule has 2 aromatic rings. The molecule has 0 radical (unpaired) electrons. The number of hydrogen-bond acceptors (Lipinski definition) is 1. The predicted octanol–water partition coefficient (Wildman–Crippen LogP) is 3.13. The Morgan fingerprint density at radius 1 is 1.50 bits per heavy atom. The van der Waals surface area contributed by atoms with E-state index in [-0.39, 0.29) is 0 Å². The van der Waals surface area contributed by atoms with Crippen LogP contribution in [0.4, 0.5) is 0 Å². The smallest absolute Gasteiger partial charge is 0.353 e. The molecular formula is C12H10INO2. The topological polar surface area (TPSA) is 42.2 Å². The normalized spacial score (nSPS) is 10.6. The highest BCUT2D eigenvalue weighted by atomic mass is 127. The van der Waals surface area contributed by atoms with Gasteiger partial charge in [0, 0.05) is 11.9 Å². The Bertz CT molecular complexity index is 572. The van der Waals surface area contributed by atoms with E-state index in [0.29, 0.717) is 12.2 Å². The van der Waals surface area contributed by atoms with Gasteiger partial charge in [-0.25, -0.2) is 4.79 Å². The van der Waals surface area contributed by atoms with Gasteiger partial charge in [-0.2, -0.15) is 0 Å². The van der Waals surface area contributed by atoms with Crippen molar-refractivity contribution in [1.82, 2.24) is 4.57 Å². The molecule has 2 rings (SSSR count). The number of rotatable bonds is 3. The molecule has 16 heavy (non-hydrogen) atoms. The molecule has 82 valence electrons. The lowest BCUT2D eigenvalue weighted by molar-refractivity contribution is 0.0685. The van der Waals surface area contributed by atoms with E-state index in [4.69, 9.17) is 0 Å². The van der Waals surface area contributed by atoms with Crippen molar-refractivity contribution in [2.45, 2.75) is 6.54 Å². The maximum atomic E-state index is 11.2. The van der Waals surface area contributed by atoms with Gasteiger partial charge in [0.05, 0.1) is 9.09 Å². The fourth-order valence-electron chi connectivity index (χ4n) is 1.79. The quantitative estimate of drug-likeness (QED) is 0.695. The number of carboxylic acid groups (broad SMARTS) is 1. The van der Waals surface area contributed by atoms with Gasteiger partial charge < -0.3 is 9.67 Å². The molecule has 1 aromatic heterocycles. The van der Waals surface area contributed by atoms with Crippen LogP contribution in [0.5, 0.6) is 0 Å². The third-order valence-electron chi connectivity index (χ3n) is 2.42. The zero-order chi connectivity index (χ0) is 11.7. The van der Waals surface area contributed by atoms with E-state index in [0.717, 1.165) is 14.5 Å². The third-order valence-corrected chi connectivity index (χ3v) is 3.52. The fourth-order valence-corrected chi connectivity index (χ4v) is 2.77. The number of aromatic nitrogens is 1. The summed E-state index contributed by atoms with van der Waals surface area (Å²) in [7, 11) is 0. The average Bonchev–Trinajstić information content (AvgIpc) is 2.54. The summed E-state index contributed by atoms with van der Waals surface area (Å²) in [5.41, 5.74) is 1.27. The van der Waals surface area contributed by atoms with E-state index in [9.17, 15) is 9.90 Å². The molecule has 0 aliphatic rings. The number of hydrogen-bond donors (Lipinski definition) is 1. The second-order valence-corrected chi connectivity index (χ2v) is 4.46. The summed E-state index contributed by atoms with van der Waals surface area (Å²) in [5, 5.41) is 10.2. The lowest BCUT2D eigenvalue weighted by Gasteiger charge is -2.04. The van der Waals surface area contributed by atoms with Gasteiger partial charge in [0.25, 0.3) is 0 Å². The molecule has 1 N–H and O–H groups in total. The van der Waals surface area contributed by atoms with Crippen LogP contribution >= 0.6 is 22.6 Å². The van der Waals surface area contributed by atoms with Crippen LogP contribution in [0.15, 0.2) is 36.9 Å². The van der Waals surface area contributed by atoms with Crippen molar-refractivity contribution >= 4 is 39.5 Å². The van der Waals surface area contributed by atoms with Gasteiger partial charge in [0.2, 0.25) is 0 Å². The van der Waals surface area contributed by atoms with Gasteiger partial charge in [-0.1, -0.05) is 24.3 Å². The van der Waals surface area contributed by atoms with Crippen LogP contribution in [0.25, 0.3) is 10.9 Å². The van der Waals surface area contributed by atoms with E-state index < -0.39 is 5.97 Å². The maximum Gasteiger partial charge on any atom is 0.353 e. The second kappa shape index (κ2) is 4.29. The van der Waals surface area contributed by atoms with Crippen LogP contribution < -0.4 is 0 Å². The van der Waals surface area contributed by atoms with Crippen molar-refractivity contribution < 1.29 is 9.90 Å². The molecule has 4 heteroatoms. The second-order valence-electron chi connectivity index (χ2n) is 3.38. The molecular weight excluding hydrogens is 317 g/mol. The summed E-state index contributed by atoms with van der Waals surface area (Å²) in [6.07, 6.45) is 1.70. The Morgan fingerprint density at radius 2 is 2.19 bits per heavy atom. The number of aromatic carboxylic acids is 1. The number of benzene rings is 1. The molecule has 1 heterocycles. The Labute approximate surface area is 107 Å². The van der Waals surface area contributed by atoms with E-state index in [1.54, 1.807) is 10.6 Å². The molecule has 0 atom stereocenters. The SMILES string of the molecule is C=CCn1c(C(=O)O)c(I)c2ccccc21. The minimum Gasteiger partial charge on any atom is -0.477 e. The van der Waals surface area contributed by atoms with Crippen LogP contribution in [-0.2, 0) is 6.54 Å². The third kappa shape index (κ3) is 1.63.